The average molecular weight is 274 g/mol. The largest absolute Gasteiger partial charge is 0.396 e. The Morgan fingerprint density at radius 1 is 1.41 bits per heavy atom. The second-order valence-electron chi connectivity index (χ2n) is 4.19. The molecule has 17 heavy (non-hydrogen) atoms. The Balaban J connectivity index is 2.21. The molecular weight excluding hydrogens is 261 g/mol. The molecule has 1 fully saturated rings. The summed E-state index contributed by atoms with van der Waals surface area (Å²) < 4.78 is 0. The Labute approximate surface area is 110 Å². The van der Waals surface area contributed by atoms with Gasteiger partial charge >= 0.3 is 0 Å². The van der Waals surface area contributed by atoms with Crippen molar-refractivity contribution in [3.8, 4) is 0 Å². The SMILES string of the molecule is O=C(c1c(Cl)cccc1Cl)N1CCC(CO)C1. The molecule has 2 rings (SSSR count). The molecule has 92 valence electrons. The monoisotopic (exact) mass is 273 g/mol. The van der Waals surface area contributed by atoms with Crippen LogP contribution in [0.3, 0.4) is 0 Å². The van der Waals surface area contributed by atoms with Crippen molar-refractivity contribution in [3.63, 3.8) is 0 Å². The fourth-order valence-corrected chi connectivity index (χ4v) is 2.59. The van der Waals surface area contributed by atoms with Crippen LogP contribution in [0.5, 0.6) is 0 Å². The van der Waals surface area contributed by atoms with E-state index in [-0.39, 0.29) is 18.4 Å². The van der Waals surface area contributed by atoms with Gasteiger partial charge in [-0.15, -0.1) is 0 Å². The van der Waals surface area contributed by atoms with Gasteiger partial charge in [0.15, 0.2) is 0 Å². The number of amides is 1. The summed E-state index contributed by atoms with van der Waals surface area (Å²) in [6, 6.07) is 5.02. The number of aliphatic hydroxyl groups excluding tert-OH is 1. The lowest BCUT2D eigenvalue weighted by molar-refractivity contribution is 0.0782. The number of halogens is 2. The smallest absolute Gasteiger partial charge is 0.256 e. The maximum Gasteiger partial charge on any atom is 0.256 e. The van der Waals surface area contributed by atoms with E-state index < -0.39 is 0 Å². The standard InChI is InChI=1S/C12H13Cl2NO2/c13-9-2-1-3-10(14)11(9)12(17)15-5-4-8(6-15)7-16/h1-3,8,16H,4-7H2. The number of hydrogen-bond acceptors (Lipinski definition) is 2. The van der Waals surface area contributed by atoms with Crippen molar-refractivity contribution in [1.82, 2.24) is 4.90 Å². The molecule has 0 aliphatic carbocycles. The Bertz CT molecular complexity index is 416. The molecule has 1 aromatic carbocycles. The van der Waals surface area contributed by atoms with E-state index in [1.807, 2.05) is 0 Å². The Morgan fingerprint density at radius 3 is 2.59 bits per heavy atom. The Hall–Kier alpha value is -0.770. The fourth-order valence-electron chi connectivity index (χ4n) is 2.03. The third-order valence-corrected chi connectivity index (χ3v) is 3.64. The Morgan fingerprint density at radius 2 is 2.06 bits per heavy atom. The highest BCUT2D eigenvalue weighted by molar-refractivity contribution is 6.39. The lowest BCUT2D eigenvalue weighted by Crippen LogP contribution is -2.29. The molecular formula is C12H13Cl2NO2. The number of aliphatic hydroxyl groups is 1. The first kappa shape index (κ1) is 12.7. The third kappa shape index (κ3) is 2.57. The van der Waals surface area contributed by atoms with Crippen LogP contribution >= 0.6 is 23.2 Å². The van der Waals surface area contributed by atoms with Gasteiger partial charge in [0, 0.05) is 25.6 Å². The number of rotatable bonds is 2. The first-order valence-electron chi connectivity index (χ1n) is 5.47. The highest BCUT2D eigenvalue weighted by Gasteiger charge is 2.28. The summed E-state index contributed by atoms with van der Waals surface area (Å²) in [5.41, 5.74) is 0.356. The van der Waals surface area contributed by atoms with Gasteiger partial charge in [0.1, 0.15) is 0 Å². The summed E-state index contributed by atoms with van der Waals surface area (Å²) in [5, 5.41) is 9.80. The molecule has 0 saturated carbocycles. The number of nitrogens with zero attached hydrogens (tertiary/aromatic N) is 1. The molecule has 5 heteroatoms. The van der Waals surface area contributed by atoms with Crippen molar-refractivity contribution in [3.05, 3.63) is 33.8 Å². The van der Waals surface area contributed by atoms with Gasteiger partial charge in [0.2, 0.25) is 0 Å². The molecule has 0 aromatic heterocycles. The summed E-state index contributed by atoms with van der Waals surface area (Å²) in [6.07, 6.45) is 0.824. The normalized spacial score (nSPS) is 19.7. The second-order valence-corrected chi connectivity index (χ2v) is 5.00. The van der Waals surface area contributed by atoms with Crippen molar-refractivity contribution in [1.29, 1.82) is 0 Å². The Kier molecular flexibility index (Phi) is 3.92. The molecule has 1 aromatic rings. The molecule has 3 nitrogen and oxygen atoms in total. The van der Waals surface area contributed by atoms with Crippen LogP contribution in [0.15, 0.2) is 18.2 Å². The fraction of sp³-hybridized carbons (Fsp3) is 0.417. The van der Waals surface area contributed by atoms with Crippen molar-refractivity contribution in [2.75, 3.05) is 19.7 Å². The first-order valence-corrected chi connectivity index (χ1v) is 6.23. The lowest BCUT2D eigenvalue weighted by atomic mass is 10.1. The van der Waals surface area contributed by atoms with E-state index in [4.69, 9.17) is 28.3 Å². The zero-order valence-corrected chi connectivity index (χ0v) is 10.7. The number of benzene rings is 1. The van der Waals surface area contributed by atoms with Crippen LogP contribution in [-0.4, -0.2) is 35.6 Å². The van der Waals surface area contributed by atoms with Gasteiger partial charge < -0.3 is 10.0 Å². The van der Waals surface area contributed by atoms with Crippen molar-refractivity contribution >= 4 is 29.1 Å². The van der Waals surface area contributed by atoms with E-state index in [9.17, 15) is 4.79 Å². The van der Waals surface area contributed by atoms with Gasteiger partial charge in [0.05, 0.1) is 15.6 Å². The molecule has 1 unspecified atom stereocenters. The third-order valence-electron chi connectivity index (χ3n) is 3.01. The van der Waals surface area contributed by atoms with Crippen LogP contribution in [0.1, 0.15) is 16.8 Å². The van der Waals surface area contributed by atoms with Crippen molar-refractivity contribution in [2.24, 2.45) is 5.92 Å². The molecule has 1 heterocycles. The molecule has 1 amide bonds. The predicted octanol–water partition coefficient (Wildman–Crippen LogP) is 2.45. The minimum atomic E-state index is -0.156. The zero-order chi connectivity index (χ0) is 12.4. The summed E-state index contributed by atoms with van der Waals surface area (Å²) >= 11 is 12.0. The van der Waals surface area contributed by atoms with Crippen LogP contribution in [0, 0.1) is 5.92 Å². The zero-order valence-electron chi connectivity index (χ0n) is 9.20. The minimum absolute atomic E-state index is 0.111. The number of hydrogen-bond donors (Lipinski definition) is 1. The second kappa shape index (κ2) is 5.25. The maximum absolute atomic E-state index is 12.2. The summed E-state index contributed by atoms with van der Waals surface area (Å²) in [6.45, 7) is 1.32. The molecule has 0 bridgehead atoms. The number of carbonyl (C=O) groups is 1. The van der Waals surface area contributed by atoms with E-state index in [0.717, 1.165) is 6.42 Å². The van der Waals surface area contributed by atoms with E-state index in [1.54, 1.807) is 23.1 Å². The van der Waals surface area contributed by atoms with Gasteiger partial charge in [0.25, 0.3) is 5.91 Å². The quantitative estimate of drug-likeness (QED) is 0.899. The van der Waals surface area contributed by atoms with Crippen LogP contribution in [0.25, 0.3) is 0 Å². The summed E-state index contributed by atoms with van der Waals surface area (Å²) in [4.78, 5) is 13.9. The molecule has 1 aliphatic rings. The highest BCUT2D eigenvalue weighted by Crippen LogP contribution is 2.27. The van der Waals surface area contributed by atoms with E-state index in [1.165, 1.54) is 0 Å². The summed E-state index contributed by atoms with van der Waals surface area (Å²) in [5.74, 6) is 0.0109. The topological polar surface area (TPSA) is 40.5 Å². The van der Waals surface area contributed by atoms with Crippen LogP contribution in [0.4, 0.5) is 0 Å². The van der Waals surface area contributed by atoms with Crippen molar-refractivity contribution in [2.45, 2.75) is 6.42 Å². The molecule has 0 spiro atoms. The average Bonchev–Trinajstić information content (AvgIpc) is 2.77. The molecule has 0 radical (unpaired) electrons. The van der Waals surface area contributed by atoms with E-state index >= 15 is 0 Å². The van der Waals surface area contributed by atoms with Crippen molar-refractivity contribution < 1.29 is 9.90 Å². The first-order chi connectivity index (χ1) is 8.13. The minimum Gasteiger partial charge on any atom is -0.396 e. The molecule has 1 N–H and O–H groups in total. The van der Waals surface area contributed by atoms with Gasteiger partial charge in [-0.05, 0) is 18.6 Å². The predicted molar refractivity (Wildman–Crippen MR) is 67.6 cm³/mol. The van der Waals surface area contributed by atoms with Crippen LogP contribution in [-0.2, 0) is 0 Å². The number of likely N-dealkylation sites (tertiary alicyclic amines) is 1. The van der Waals surface area contributed by atoms with Crippen LogP contribution in [0.2, 0.25) is 10.0 Å². The molecule has 1 saturated heterocycles. The number of carbonyl (C=O) groups excluding carboxylic acids is 1. The van der Waals surface area contributed by atoms with E-state index in [0.29, 0.717) is 28.7 Å². The maximum atomic E-state index is 12.2. The van der Waals surface area contributed by atoms with Gasteiger partial charge in [-0.3, -0.25) is 4.79 Å². The van der Waals surface area contributed by atoms with Gasteiger partial charge in [-0.2, -0.15) is 0 Å². The summed E-state index contributed by atoms with van der Waals surface area (Å²) in [7, 11) is 0. The van der Waals surface area contributed by atoms with E-state index in [2.05, 4.69) is 0 Å². The highest BCUT2D eigenvalue weighted by atomic mass is 35.5. The van der Waals surface area contributed by atoms with Gasteiger partial charge in [-0.1, -0.05) is 29.3 Å². The molecule has 1 atom stereocenters. The lowest BCUT2D eigenvalue weighted by Gasteiger charge is -2.17. The van der Waals surface area contributed by atoms with Crippen LogP contribution < -0.4 is 0 Å². The molecule has 1 aliphatic heterocycles. The van der Waals surface area contributed by atoms with Gasteiger partial charge in [-0.25, -0.2) is 0 Å².